The van der Waals surface area contributed by atoms with Crippen LogP contribution in [0.3, 0.4) is 0 Å². The molecule has 0 saturated heterocycles. The van der Waals surface area contributed by atoms with E-state index in [2.05, 4.69) is 4.74 Å². The highest BCUT2D eigenvalue weighted by molar-refractivity contribution is 5.75. The average Bonchev–Trinajstić information content (AvgIpc) is 2.83. The number of ether oxygens (including phenoxy) is 6. The van der Waals surface area contributed by atoms with Crippen LogP contribution in [0.4, 0.5) is 14.4 Å². The van der Waals surface area contributed by atoms with E-state index in [0.717, 1.165) is 7.11 Å². The lowest BCUT2D eigenvalue weighted by atomic mass is 9.82. The summed E-state index contributed by atoms with van der Waals surface area (Å²) in [5.41, 5.74) is 6.29. The standard InChI is InChI=1S/C26H39NO11/c1-13(2)16(6)35-25(31)37-19-10-9-18(11-20(19)38-26(32)36-17(7)14(3)4)21(22(27)23(28)29)15(5)12-34-24(30)33-8/h9-11,13-17,21-22H,12,27H2,1-8H3,(H,28,29)/t15?,16?,17?,21?,22-/m0/s1. The number of aliphatic carboxylic acids is 1. The Labute approximate surface area is 222 Å². The first-order chi connectivity index (χ1) is 17.7. The lowest BCUT2D eigenvalue weighted by molar-refractivity contribution is -0.139. The van der Waals surface area contributed by atoms with E-state index in [-0.39, 0.29) is 29.9 Å². The maximum absolute atomic E-state index is 12.5. The lowest BCUT2D eigenvalue weighted by Gasteiger charge is -2.28. The van der Waals surface area contributed by atoms with Crippen LogP contribution in [0.5, 0.6) is 11.5 Å². The molecule has 0 aliphatic heterocycles. The van der Waals surface area contributed by atoms with E-state index in [0.29, 0.717) is 5.56 Å². The third-order valence-corrected chi connectivity index (χ3v) is 6.10. The highest BCUT2D eigenvalue weighted by Crippen LogP contribution is 2.36. The Hall–Kier alpha value is -3.54. The molecule has 5 atom stereocenters. The number of carboxylic acids is 1. The van der Waals surface area contributed by atoms with Gasteiger partial charge < -0.3 is 39.3 Å². The maximum Gasteiger partial charge on any atom is 0.514 e. The summed E-state index contributed by atoms with van der Waals surface area (Å²) in [7, 11) is 1.14. The van der Waals surface area contributed by atoms with Crippen LogP contribution in [0, 0.1) is 17.8 Å². The number of benzene rings is 1. The number of rotatable bonds is 12. The Kier molecular flexibility index (Phi) is 12.8. The van der Waals surface area contributed by atoms with E-state index in [1.54, 1.807) is 20.8 Å². The Bertz CT molecular complexity index is 963. The van der Waals surface area contributed by atoms with Crippen molar-refractivity contribution in [3.05, 3.63) is 23.8 Å². The van der Waals surface area contributed by atoms with E-state index >= 15 is 0 Å². The van der Waals surface area contributed by atoms with Gasteiger partial charge >= 0.3 is 24.4 Å². The van der Waals surface area contributed by atoms with Crippen LogP contribution in [-0.4, -0.2) is 61.5 Å². The molecular weight excluding hydrogens is 502 g/mol. The molecule has 0 aliphatic rings. The van der Waals surface area contributed by atoms with Crippen LogP contribution in [0.25, 0.3) is 0 Å². The zero-order valence-electron chi connectivity index (χ0n) is 23.1. The summed E-state index contributed by atoms with van der Waals surface area (Å²) in [6.07, 6.45) is -3.94. The molecule has 1 aromatic rings. The zero-order valence-corrected chi connectivity index (χ0v) is 23.1. The summed E-state index contributed by atoms with van der Waals surface area (Å²) in [5.74, 6) is -3.17. The molecule has 0 amide bonds. The van der Waals surface area contributed by atoms with Gasteiger partial charge in [0.15, 0.2) is 11.5 Å². The molecule has 214 valence electrons. The number of carbonyl (C=O) groups is 4. The fourth-order valence-electron chi connectivity index (χ4n) is 3.10. The highest BCUT2D eigenvalue weighted by atomic mass is 16.8. The molecule has 0 bridgehead atoms. The first-order valence-corrected chi connectivity index (χ1v) is 12.3. The lowest BCUT2D eigenvalue weighted by Crippen LogP contribution is -2.40. The van der Waals surface area contributed by atoms with Crippen molar-refractivity contribution in [2.75, 3.05) is 13.7 Å². The van der Waals surface area contributed by atoms with Gasteiger partial charge in [0.25, 0.3) is 0 Å². The summed E-state index contributed by atoms with van der Waals surface area (Å²) in [4.78, 5) is 48.1. The molecule has 12 nitrogen and oxygen atoms in total. The molecule has 0 aliphatic carbocycles. The van der Waals surface area contributed by atoms with Crippen molar-refractivity contribution in [1.29, 1.82) is 0 Å². The van der Waals surface area contributed by atoms with Crippen molar-refractivity contribution in [2.45, 2.75) is 72.6 Å². The molecule has 0 radical (unpaired) electrons. The van der Waals surface area contributed by atoms with Crippen LogP contribution in [-0.2, 0) is 23.7 Å². The first kappa shape index (κ1) is 32.5. The van der Waals surface area contributed by atoms with Gasteiger partial charge in [0.2, 0.25) is 0 Å². The first-order valence-electron chi connectivity index (χ1n) is 12.3. The zero-order chi connectivity index (χ0) is 29.2. The molecule has 0 saturated carbocycles. The second kappa shape index (κ2) is 15.0. The number of carboxylic acid groups (broad SMARTS) is 1. The van der Waals surface area contributed by atoms with Gasteiger partial charge in [-0.1, -0.05) is 40.7 Å². The van der Waals surface area contributed by atoms with Gasteiger partial charge in [0.1, 0.15) is 18.2 Å². The molecule has 0 spiro atoms. The molecule has 0 fully saturated rings. The molecular formula is C26H39NO11. The molecule has 12 heteroatoms. The van der Waals surface area contributed by atoms with Gasteiger partial charge in [-0.05, 0) is 49.3 Å². The van der Waals surface area contributed by atoms with Crippen LogP contribution in [0.15, 0.2) is 18.2 Å². The molecule has 38 heavy (non-hydrogen) atoms. The molecule has 4 unspecified atom stereocenters. The third kappa shape index (κ3) is 10.1. The maximum atomic E-state index is 12.5. The fraction of sp³-hybridized carbons (Fsp3) is 0.615. The fourth-order valence-corrected chi connectivity index (χ4v) is 3.10. The molecule has 1 rings (SSSR count). The number of hydrogen-bond donors (Lipinski definition) is 2. The van der Waals surface area contributed by atoms with Gasteiger partial charge in [-0.2, -0.15) is 0 Å². The topological polar surface area (TPSA) is 170 Å². The van der Waals surface area contributed by atoms with Crippen LogP contribution in [0.1, 0.15) is 59.9 Å². The second-order valence-corrected chi connectivity index (χ2v) is 9.68. The Morgan fingerprint density at radius 1 is 0.816 bits per heavy atom. The van der Waals surface area contributed by atoms with Gasteiger partial charge in [-0.3, -0.25) is 4.79 Å². The van der Waals surface area contributed by atoms with E-state index in [9.17, 15) is 24.3 Å². The van der Waals surface area contributed by atoms with E-state index in [4.69, 9.17) is 29.4 Å². The van der Waals surface area contributed by atoms with Crippen molar-refractivity contribution < 1.29 is 52.7 Å². The predicted octanol–water partition coefficient (Wildman–Crippen LogP) is 4.72. The van der Waals surface area contributed by atoms with E-state index < -0.39 is 54.5 Å². The second-order valence-electron chi connectivity index (χ2n) is 9.68. The molecule has 0 heterocycles. The normalized spacial score (nSPS) is 15.0. The minimum atomic E-state index is -1.42. The SMILES string of the molecule is COC(=O)OCC(C)C(c1ccc(OC(=O)OC(C)C(C)C)c(OC(=O)OC(C)C(C)C)c1)[C@H](N)C(=O)O. The monoisotopic (exact) mass is 541 g/mol. The molecule has 0 aromatic heterocycles. The van der Waals surface area contributed by atoms with Crippen molar-refractivity contribution in [3.63, 3.8) is 0 Å². The van der Waals surface area contributed by atoms with Crippen LogP contribution >= 0.6 is 0 Å². The minimum Gasteiger partial charge on any atom is -0.480 e. The summed E-state index contributed by atoms with van der Waals surface area (Å²) in [6, 6.07) is 2.68. The average molecular weight is 542 g/mol. The Morgan fingerprint density at radius 2 is 1.32 bits per heavy atom. The summed E-state index contributed by atoms with van der Waals surface area (Å²) in [6.45, 7) is 12.3. The largest absolute Gasteiger partial charge is 0.514 e. The van der Waals surface area contributed by atoms with Gasteiger partial charge in [0, 0.05) is 5.92 Å². The number of hydrogen-bond acceptors (Lipinski definition) is 11. The minimum absolute atomic E-state index is 0.00529. The number of carbonyl (C=O) groups excluding carboxylic acids is 3. The van der Waals surface area contributed by atoms with Crippen LogP contribution < -0.4 is 15.2 Å². The number of methoxy groups -OCH3 is 1. The van der Waals surface area contributed by atoms with Crippen LogP contribution in [0.2, 0.25) is 0 Å². The Balaban J connectivity index is 3.41. The summed E-state index contributed by atoms with van der Waals surface area (Å²) >= 11 is 0. The van der Waals surface area contributed by atoms with Gasteiger partial charge in [0.05, 0.1) is 13.7 Å². The molecule has 1 aromatic carbocycles. The smallest absolute Gasteiger partial charge is 0.480 e. The molecule has 3 N–H and O–H groups in total. The van der Waals surface area contributed by atoms with Crippen molar-refractivity contribution >= 4 is 24.4 Å². The summed E-state index contributed by atoms with van der Waals surface area (Å²) in [5, 5.41) is 9.61. The van der Waals surface area contributed by atoms with Crippen molar-refractivity contribution in [2.24, 2.45) is 23.5 Å². The summed E-state index contributed by atoms with van der Waals surface area (Å²) < 4.78 is 30.6. The van der Waals surface area contributed by atoms with Gasteiger partial charge in [-0.15, -0.1) is 0 Å². The highest BCUT2D eigenvalue weighted by Gasteiger charge is 2.33. The third-order valence-electron chi connectivity index (χ3n) is 6.10. The van der Waals surface area contributed by atoms with Crippen molar-refractivity contribution in [3.8, 4) is 11.5 Å². The van der Waals surface area contributed by atoms with Gasteiger partial charge in [-0.25, -0.2) is 14.4 Å². The quantitative estimate of drug-likeness (QED) is 0.212. The predicted molar refractivity (Wildman–Crippen MR) is 135 cm³/mol. The van der Waals surface area contributed by atoms with Crippen molar-refractivity contribution in [1.82, 2.24) is 0 Å². The van der Waals surface area contributed by atoms with E-state index in [1.807, 2.05) is 27.7 Å². The van der Waals surface area contributed by atoms with E-state index in [1.165, 1.54) is 18.2 Å². The Morgan fingerprint density at radius 3 is 1.76 bits per heavy atom. The number of nitrogens with two attached hydrogens (primary N) is 1.